The standard InChI is InChI=1S/C16H16ClN3O3S/c1-2-23-14-4-6-15(7-5-14)24(21,22)18-9-13-11-20-10-12(17)3-8-16(20)19-13/h3-8,10-11,18H,2,9H2,1H3. The summed E-state index contributed by atoms with van der Waals surface area (Å²) in [6, 6.07) is 9.79. The summed E-state index contributed by atoms with van der Waals surface area (Å²) < 4.78 is 34.3. The molecule has 3 rings (SSSR count). The Labute approximate surface area is 145 Å². The predicted octanol–water partition coefficient (Wildman–Crippen LogP) is 2.86. The first-order valence-corrected chi connectivity index (χ1v) is 9.20. The van der Waals surface area contributed by atoms with Crippen LogP contribution in [0.2, 0.25) is 5.02 Å². The minimum atomic E-state index is -3.62. The third-order valence-corrected chi connectivity index (χ3v) is 4.99. The van der Waals surface area contributed by atoms with E-state index in [-0.39, 0.29) is 11.4 Å². The molecule has 0 aliphatic heterocycles. The van der Waals surface area contributed by atoms with Crippen molar-refractivity contribution >= 4 is 27.3 Å². The number of hydrogen-bond acceptors (Lipinski definition) is 4. The van der Waals surface area contributed by atoms with E-state index in [1.807, 2.05) is 6.92 Å². The molecule has 0 aliphatic rings. The molecule has 0 saturated heterocycles. The summed E-state index contributed by atoms with van der Waals surface area (Å²) in [5.74, 6) is 0.633. The zero-order valence-corrected chi connectivity index (χ0v) is 14.5. The number of sulfonamides is 1. The van der Waals surface area contributed by atoms with E-state index in [4.69, 9.17) is 16.3 Å². The molecule has 0 amide bonds. The Morgan fingerprint density at radius 2 is 1.92 bits per heavy atom. The number of imidazole rings is 1. The summed E-state index contributed by atoms with van der Waals surface area (Å²) in [7, 11) is -3.62. The number of aromatic nitrogens is 2. The summed E-state index contributed by atoms with van der Waals surface area (Å²) in [5, 5.41) is 0.585. The Bertz CT molecular complexity index is 952. The molecule has 0 bridgehead atoms. The fraction of sp³-hybridized carbons (Fsp3) is 0.188. The second-order valence-electron chi connectivity index (χ2n) is 5.07. The smallest absolute Gasteiger partial charge is 0.240 e. The summed E-state index contributed by atoms with van der Waals surface area (Å²) in [6.45, 7) is 2.49. The maximum absolute atomic E-state index is 12.3. The van der Waals surface area contributed by atoms with Gasteiger partial charge in [-0.3, -0.25) is 0 Å². The van der Waals surface area contributed by atoms with Crippen molar-refractivity contribution in [2.75, 3.05) is 6.61 Å². The first-order valence-electron chi connectivity index (χ1n) is 7.33. The number of nitrogens with one attached hydrogen (secondary N) is 1. The Morgan fingerprint density at radius 1 is 1.17 bits per heavy atom. The lowest BCUT2D eigenvalue weighted by molar-refractivity contribution is 0.340. The van der Waals surface area contributed by atoms with Crippen LogP contribution in [-0.2, 0) is 16.6 Å². The zero-order valence-electron chi connectivity index (χ0n) is 12.9. The normalized spacial score (nSPS) is 11.8. The van der Waals surface area contributed by atoms with Gasteiger partial charge in [0.1, 0.15) is 11.4 Å². The zero-order chi connectivity index (χ0) is 17.2. The number of pyridine rings is 1. The predicted molar refractivity (Wildman–Crippen MR) is 91.8 cm³/mol. The van der Waals surface area contributed by atoms with Gasteiger partial charge in [0.25, 0.3) is 0 Å². The molecule has 0 fully saturated rings. The van der Waals surface area contributed by atoms with E-state index in [1.54, 1.807) is 41.1 Å². The van der Waals surface area contributed by atoms with Gasteiger partial charge in [0.15, 0.2) is 0 Å². The Balaban J connectivity index is 1.73. The van der Waals surface area contributed by atoms with Gasteiger partial charge >= 0.3 is 0 Å². The van der Waals surface area contributed by atoms with E-state index in [1.165, 1.54) is 12.1 Å². The van der Waals surface area contributed by atoms with E-state index in [9.17, 15) is 8.42 Å². The Hall–Kier alpha value is -2.09. The Kier molecular flexibility index (Phi) is 4.75. The largest absolute Gasteiger partial charge is 0.494 e. The van der Waals surface area contributed by atoms with Crippen LogP contribution in [0.25, 0.3) is 5.65 Å². The summed E-state index contributed by atoms with van der Waals surface area (Å²) in [4.78, 5) is 4.52. The average Bonchev–Trinajstić information content (AvgIpc) is 2.96. The lowest BCUT2D eigenvalue weighted by Crippen LogP contribution is -2.23. The number of hydrogen-bond donors (Lipinski definition) is 1. The summed E-state index contributed by atoms with van der Waals surface area (Å²) in [5.41, 5.74) is 1.31. The molecule has 0 unspecified atom stereocenters. The fourth-order valence-corrected chi connectivity index (χ4v) is 3.40. The van der Waals surface area contributed by atoms with Crippen LogP contribution in [0.5, 0.6) is 5.75 Å². The molecule has 0 atom stereocenters. The van der Waals surface area contributed by atoms with Gasteiger partial charge in [0.05, 0.1) is 28.8 Å². The molecule has 1 N–H and O–H groups in total. The van der Waals surface area contributed by atoms with E-state index in [0.717, 1.165) is 0 Å². The quantitative estimate of drug-likeness (QED) is 0.729. The van der Waals surface area contributed by atoms with Gasteiger partial charge < -0.3 is 9.14 Å². The number of fused-ring (bicyclic) bond motifs is 1. The molecule has 24 heavy (non-hydrogen) atoms. The van der Waals surface area contributed by atoms with Crippen molar-refractivity contribution in [2.45, 2.75) is 18.4 Å². The lowest BCUT2D eigenvalue weighted by Gasteiger charge is -2.07. The van der Waals surface area contributed by atoms with Crippen LogP contribution in [0.15, 0.2) is 53.7 Å². The van der Waals surface area contributed by atoms with Crippen LogP contribution in [0, 0.1) is 0 Å². The van der Waals surface area contributed by atoms with Gasteiger partial charge in [0.2, 0.25) is 10.0 Å². The summed E-state index contributed by atoms with van der Waals surface area (Å²) in [6.07, 6.45) is 3.45. The van der Waals surface area contributed by atoms with Crippen LogP contribution in [0.3, 0.4) is 0 Å². The number of halogens is 1. The van der Waals surface area contributed by atoms with E-state index < -0.39 is 10.0 Å². The maximum Gasteiger partial charge on any atom is 0.240 e. The number of rotatable bonds is 6. The third kappa shape index (κ3) is 3.69. The van der Waals surface area contributed by atoms with Gasteiger partial charge in [-0.2, -0.15) is 0 Å². The molecule has 3 aromatic rings. The molecule has 2 aromatic heterocycles. The number of benzene rings is 1. The molecule has 8 heteroatoms. The van der Waals surface area contributed by atoms with Gasteiger partial charge in [-0.15, -0.1) is 0 Å². The van der Waals surface area contributed by atoms with Crippen LogP contribution in [-0.4, -0.2) is 24.4 Å². The molecule has 126 valence electrons. The topological polar surface area (TPSA) is 72.7 Å². The molecule has 0 saturated carbocycles. The highest BCUT2D eigenvalue weighted by molar-refractivity contribution is 7.89. The molecular formula is C16H16ClN3O3S. The highest BCUT2D eigenvalue weighted by Gasteiger charge is 2.14. The van der Waals surface area contributed by atoms with Gasteiger partial charge in [-0.25, -0.2) is 18.1 Å². The van der Waals surface area contributed by atoms with Crippen molar-refractivity contribution in [3.05, 3.63) is 59.5 Å². The van der Waals surface area contributed by atoms with Crippen molar-refractivity contribution in [2.24, 2.45) is 0 Å². The highest BCUT2D eigenvalue weighted by Crippen LogP contribution is 2.16. The van der Waals surface area contributed by atoms with E-state index in [2.05, 4.69) is 9.71 Å². The van der Waals surface area contributed by atoms with Gasteiger partial charge in [0, 0.05) is 12.4 Å². The Morgan fingerprint density at radius 3 is 2.62 bits per heavy atom. The van der Waals surface area contributed by atoms with Gasteiger partial charge in [-0.1, -0.05) is 11.6 Å². The maximum atomic E-state index is 12.3. The molecule has 0 radical (unpaired) electrons. The second-order valence-corrected chi connectivity index (χ2v) is 7.28. The molecule has 6 nitrogen and oxygen atoms in total. The minimum absolute atomic E-state index is 0.0921. The van der Waals surface area contributed by atoms with Crippen molar-refractivity contribution in [1.82, 2.24) is 14.1 Å². The molecule has 0 aliphatic carbocycles. The molecule has 1 aromatic carbocycles. The third-order valence-electron chi connectivity index (χ3n) is 3.35. The molecule has 2 heterocycles. The first kappa shape index (κ1) is 16.8. The number of ether oxygens (including phenoxy) is 1. The van der Waals surface area contributed by atoms with Gasteiger partial charge in [-0.05, 0) is 43.3 Å². The second kappa shape index (κ2) is 6.80. The van der Waals surface area contributed by atoms with Crippen molar-refractivity contribution in [3.8, 4) is 5.75 Å². The summed E-state index contributed by atoms with van der Waals surface area (Å²) >= 11 is 5.92. The minimum Gasteiger partial charge on any atom is -0.494 e. The van der Waals surface area contributed by atoms with E-state index >= 15 is 0 Å². The number of nitrogens with zero attached hydrogens (tertiary/aromatic N) is 2. The average molecular weight is 366 g/mol. The van der Waals surface area contributed by atoms with Crippen LogP contribution in [0.1, 0.15) is 12.6 Å². The monoisotopic (exact) mass is 365 g/mol. The first-order chi connectivity index (χ1) is 11.5. The van der Waals surface area contributed by atoms with Crippen LogP contribution < -0.4 is 9.46 Å². The van der Waals surface area contributed by atoms with E-state index in [0.29, 0.717) is 28.7 Å². The fourth-order valence-electron chi connectivity index (χ4n) is 2.24. The van der Waals surface area contributed by atoms with Crippen molar-refractivity contribution in [1.29, 1.82) is 0 Å². The van der Waals surface area contributed by atoms with Crippen molar-refractivity contribution < 1.29 is 13.2 Å². The van der Waals surface area contributed by atoms with Crippen molar-refractivity contribution in [3.63, 3.8) is 0 Å². The molecule has 0 spiro atoms. The lowest BCUT2D eigenvalue weighted by atomic mass is 10.3. The SMILES string of the molecule is CCOc1ccc(S(=O)(=O)NCc2cn3cc(Cl)ccc3n2)cc1. The molecular weight excluding hydrogens is 350 g/mol. The van der Waals surface area contributed by atoms with Crippen LogP contribution in [0.4, 0.5) is 0 Å². The highest BCUT2D eigenvalue weighted by atomic mass is 35.5. The van der Waals surface area contributed by atoms with Crippen LogP contribution >= 0.6 is 11.6 Å².